The normalized spacial score (nSPS) is 14.1. The smallest absolute Gasteiger partial charge is 0.434 e. The van der Waals surface area contributed by atoms with Crippen LogP contribution in [0.5, 0.6) is 5.75 Å². The molecule has 2 amide bonds. The quantitative estimate of drug-likeness (QED) is 0.517. The largest absolute Gasteiger partial charge is 0.513 e. The summed E-state index contributed by atoms with van der Waals surface area (Å²) in [6, 6.07) is 11.0. The molecule has 0 aliphatic carbocycles. The number of hydrogen-bond donors (Lipinski definition) is 1. The molecule has 0 radical (unpaired) electrons. The predicted molar refractivity (Wildman–Crippen MR) is 117 cm³/mol. The molecule has 1 aliphatic heterocycles. The molecule has 7 nitrogen and oxygen atoms in total. The van der Waals surface area contributed by atoms with Gasteiger partial charge in [-0.1, -0.05) is 23.2 Å². The Morgan fingerprint density at radius 1 is 1.06 bits per heavy atom. The Hall–Kier alpha value is -2.77. The van der Waals surface area contributed by atoms with Crippen molar-refractivity contribution in [3.8, 4) is 5.75 Å². The van der Waals surface area contributed by atoms with Gasteiger partial charge in [0.15, 0.2) is 0 Å². The van der Waals surface area contributed by atoms with Gasteiger partial charge in [-0.15, -0.1) is 0 Å². The topological polar surface area (TPSA) is 84.9 Å². The molecular weight excluding hydrogens is 443 g/mol. The van der Waals surface area contributed by atoms with E-state index < -0.39 is 6.16 Å². The second-order valence-corrected chi connectivity index (χ2v) is 7.82. The number of carbonyl (C=O) groups excluding carboxylic acids is 3. The summed E-state index contributed by atoms with van der Waals surface area (Å²) in [6.07, 6.45) is 0.462. The molecule has 1 N–H and O–H groups in total. The van der Waals surface area contributed by atoms with Crippen LogP contribution >= 0.6 is 23.2 Å². The molecule has 164 valence electrons. The van der Waals surface area contributed by atoms with Crippen molar-refractivity contribution in [1.29, 1.82) is 0 Å². The Kier molecular flexibility index (Phi) is 7.76. The number of carbonyl (C=O) groups is 3. The summed E-state index contributed by atoms with van der Waals surface area (Å²) in [5.41, 5.74) is 0.821. The van der Waals surface area contributed by atoms with E-state index in [1.165, 1.54) is 6.07 Å². The van der Waals surface area contributed by atoms with Crippen LogP contribution in [-0.4, -0.2) is 48.6 Å². The third kappa shape index (κ3) is 6.12. The van der Waals surface area contributed by atoms with E-state index in [1.54, 1.807) is 48.2 Å². The van der Waals surface area contributed by atoms with E-state index in [9.17, 15) is 14.4 Å². The SMILES string of the molecule is CCOC(=O)Oc1ccc(C(=O)N2CCC(NC(=O)c3cc(Cl)ccc3Cl)CC2)cc1. The number of piperidine rings is 1. The van der Waals surface area contributed by atoms with Crippen LogP contribution in [0, 0.1) is 0 Å². The molecular formula is C22H22Cl2N2O5. The molecule has 1 saturated heterocycles. The third-order valence-corrected chi connectivity index (χ3v) is 5.42. The first-order valence-electron chi connectivity index (χ1n) is 9.87. The lowest BCUT2D eigenvalue weighted by Crippen LogP contribution is -2.46. The molecule has 0 aromatic heterocycles. The molecule has 2 aromatic carbocycles. The van der Waals surface area contributed by atoms with Gasteiger partial charge in [-0.2, -0.15) is 0 Å². The first-order valence-corrected chi connectivity index (χ1v) is 10.6. The standard InChI is InChI=1S/C22H22Cl2N2O5/c1-2-30-22(29)31-17-6-3-14(4-7-17)21(28)26-11-9-16(10-12-26)25-20(27)18-13-15(23)5-8-19(18)24/h3-8,13,16H,2,9-12H2,1H3,(H,25,27). The summed E-state index contributed by atoms with van der Waals surface area (Å²) in [4.78, 5) is 38.3. The van der Waals surface area contributed by atoms with Crippen LogP contribution in [-0.2, 0) is 4.74 Å². The highest BCUT2D eigenvalue weighted by molar-refractivity contribution is 6.35. The second kappa shape index (κ2) is 10.5. The Balaban J connectivity index is 1.52. The van der Waals surface area contributed by atoms with E-state index in [0.717, 1.165) is 0 Å². The number of amides is 2. The number of benzene rings is 2. The Labute approximate surface area is 190 Å². The number of ether oxygens (including phenoxy) is 2. The van der Waals surface area contributed by atoms with Gasteiger partial charge in [-0.25, -0.2) is 4.79 Å². The van der Waals surface area contributed by atoms with Gasteiger partial charge in [0.1, 0.15) is 5.75 Å². The fourth-order valence-corrected chi connectivity index (χ4v) is 3.63. The van der Waals surface area contributed by atoms with Crippen LogP contribution in [0.4, 0.5) is 4.79 Å². The van der Waals surface area contributed by atoms with Crippen LogP contribution in [0.1, 0.15) is 40.5 Å². The fraction of sp³-hybridized carbons (Fsp3) is 0.318. The number of nitrogens with one attached hydrogen (secondary N) is 1. The van der Waals surface area contributed by atoms with Crippen molar-refractivity contribution in [3.63, 3.8) is 0 Å². The minimum atomic E-state index is -0.787. The molecule has 1 aliphatic rings. The molecule has 0 unspecified atom stereocenters. The monoisotopic (exact) mass is 464 g/mol. The minimum Gasteiger partial charge on any atom is -0.434 e. The first kappa shape index (κ1) is 22.9. The number of likely N-dealkylation sites (tertiary alicyclic amines) is 1. The van der Waals surface area contributed by atoms with Gasteiger partial charge < -0.3 is 19.7 Å². The van der Waals surface area contributed by atoms with E-state index in [-0.39, 0.29) is 24.5 Å². The fourth-order valence-electron chi connectivity index (χ4n) is 3.25. The van der Waals surface area contributed by atoms with Crippen molar-refractivity contribution in [2.75, 3.05) is 19.7 Å². The summed E-state index contributed by atoms with van der Waals surface area (Å²) in [6.45, 7) is 2.92. The Morgan fingerprint density at radius 3 is 2.39 bits per heavy atom. The van der Waals surface area contributed by atoms with Crippen LogP contribution in [0.3, 0.4) is 0 Å². The number of nitrogens with zero attached hydrogens (tertiary/aromatic N) is 1. The molecule has 2 aromatic rings. The van der Waals surface area contributed by atoms with Gasteiger partial charge in [0, 0.05) is 29.7 Å². The lowest BCUT2D eigenvalue weighted by atomic mass is 10.0. The molecule has 1 fully saturated rings. The van der Waals surface area contributed by atoms with Crippen LogP contribution in [0.15, 0.2) is 42.5 Å². The third-order valence-electron chi connectivity index (χ3n) is 4.86. The molecule has 0 saturated carbocycles. The zero-order valence-corrected chi connectivity index (χ0v) is 18.4. The van der Waals surface area contributed by atoms with Gasteiger partial charge >= 0.3 is 6.16 Å². The molecule has 0 atom stereocenters. The van der Waals surface area contributed by atoms with E-state index in [2.05, 4.69) is 5.32 Å². The van der Waals surface area contributed by atoms with E-state index in [4.69, 9.17) is 32.7 Å². The van der Waals surface area contributed by atoms with E-state index in [0.29, 0.717) is 52.9 Å². The van der Waals surface area contributed by atoms with Crippen molar-refractivity contribution >= 4 is 41.2 Å². The van der Waals surface area contributed by atoms with Crippen molar-refractivity contribution < 1.29 is 23.9 Å². The molecule has 0 bridgehead atoms. The van der Waals surface area contributed by atoms with Crippen molar-refractivity contribution in [2.45, 2.75) is 25.8 Å². The average molecular weight is 465 g/mol. The number of hydrogen-bond acceptors (Lipinski definition) is 5. The highest BCUT2D eigenvalue weighted by Crippen LogP contribution is 2.22. The summed E-state index contributed by atoms with van der Waals surface area (Å²) in [5, 5.41) is 3.73. The molecule has 0 spiro atoms. The lowest BCUT2D eigenvalue weighted by molar-refractivity contribution is 0.0698. The summed E-state index contributed by atoms with van der Waals surface area (Å²) in [5.74, 6) is -0.101. The maximum absolute atomic E-state index is 12.7. The summed E-state index contributed by atoms with van der Waals surface area (Å²) in [7, 11) is 0. The first-order chi connectivity index (χ1) is 14.9. The predicted octanol–water partition coefficient (Wildman–Crippen LogP) is 4.56. The highest BCUT2D eigenvalue weighted by Gasteiger charge is 2.25. The zero-order chi connectivity index (χ0) is 22.4. The molecule has 3 rings (SSSR count). The minimum absolute atomic E-state index is 0.0630. The van der Waals surface area contributed by atoms with E-state index in [1.807, 2.05) is 0 Å². The molecule has 1 heterocycles. The van der Waals surface area contributed by atoms with Crippen LogP contribution in [0.25, 0.3) is 0 Å². The molecule has 9 heteroatoms. The highest BCUT2D eigenvalue weighted by atomic mass is 35.5. The van der Waals surface area contributed by atoms with Gasteiger partial charge in [-0.3, -0.25) is 9.59 Å². The second-order valence-electron chi connectivity index (χ2n) is 6.97. The van der Waals surface area contributed by atoms with Crippen LogP contribution in [0.2, 0.25) is 10.0 Å². The maximum atomic E-state index is 12.7. The summed E-state index contributed by atoms with van der Waals surface area (Å²) < 4.78 is 9.71. The Morgan fingerprint density at radius 2 is 1.74 bits per heavy atom. The van der Waals surface area contributed by atoms with Gasteiger partial charge in [0.2, 0.25) is 0 Å². The summed E-state index contributed by atoms with van der Waals surface area (Å²) >= 11 is 12.0. The lowest BCUT2D eigenvalue weighted by Gasteiger charge is -2.32. The van der Waals surface area contributed by atoms with Gasteiger partial charge in [-0.05, 0) is 62.2 Å². The molecule has 31 heavy (non-hydrogen) atoms. The van der Waals surface area contributed by atoms with Crippen molar-refractivity contribution in [2.24, 2.45) is 0 Å². The van der Waals surface area contributed by atoms with Crippen LogP contribution < -0.4 is 10.1 Å². The van der Waals surface area contributed by atoms with E-state index >= 15 is 0 Å². The number of halogens is 2. The number of rotatable bonds is 5. The van der Waals surface area contributed by atoms with Crippen molar-refractivity contribution in [3.05, 3.63) is 63.6 Å². The maximum Gasteiger partial charge on any atom is 0.513 e. The van der Waals surface area contributed by atoms with Gasteiger partial charge in [0.05, 0.1) is 17.2 Å². The Bertz CT molecular complexity index is 957. The van der Waals surface area contributed by atoms with Gasteiger partial charge in [0.25, 0.3) is 11.8 Å². The average Bonchev–Trinajstić information content (AvgIpc) is 2.76. The zero-order valence-electron chi connectivity index (χ0n) is 16.9. The van der Waals surface area contributed by atoms with Crippen molar-refractivity contribution in [1.82, 2.24) is 10.2 Å².